The number of methoxy groups -OCH3 is 3. The van der Waals surface area contributed by atoms with Gasteiger partial charge in [-0.05, 0) is 27.6 Å². The van der Waals surface area contributed by atoms with Gasteiger partial charge in [0.05, 0.1) is 32.9 Å². The number of aromatic nitrogens is 1. The van der Waals surface area contributed by atoms with Crippen molar-refractivity contribution in [2.45, 2.75) is 6.04 Å². The lowest BCUT2D eigenvalue weighted by Crippen LogP contribution is -2.15. The SMILES string of the molecule is COc1cc(OC)c(C(N)c2cncc(Br)c2)c(OC)c1. The van der Waals surface area contributed by atoms with Crippen molar-refractivity contribution in [3.8, 4) is 17.2 Å². The molecular formula is C15H17BrN2O3. The molecule has 0 aliphatic rings. The molecule has 0 aliphatic heterocycles. The second-order valence-corrected chi connectivity index (χ2v) is 5.28. The monoisotopic (exact) mass is 352 g/mol. The molecule has 6 heteroatoms. The minimum Gasteiger partial charge on any atom is -0.496 e. The van der Waals surface area contributed by atoms with E-state index in [0.717, 1.165) is 15.6 Å². The Bertz CT molecular complexity index is 609. The number of pyridine rings is 1. The number of ether oxygens (including phenoxy) is 3. The molecule has 5 nitrogen and oxygen atoms in total. The van der Waals surface area contributed by atoms with E-state index in [1.165, 1.54) is 0 Å². The molecule has 0 saturated carbocycles. The normalized spacial score (nSPS) is 11.9. The van der Waals surface area contributed by atoms with Gasteiger partial charge in [0, 0.05) is 29.0 Å². The minimum absolute atomic E-state index is 0.425. The molecule has 1 aromatic carbocycles. The van der Waals surface area contributed by atoms with Gasteiger partial charge in [0.1, 0.15) is 17.2 Å². The van der Waals surface area contributed by atoms with Gasteiger partial charge in [0.25, 0.3) is 0 Å². The van der Waals surface area contributed by atoms with Crippen molar-refractivity contribution in [1.82, 2.24) is 4.98 Å². The molecule has 1 heterocycles. The summed E-state index contributed by atoms with van der Waals surface area (Å²) in [6, 6.07) is 5.05. The first-order valence-electron chi connectivity index (χ1n) is 6.26. The van der Waals surface area contributed by atoms with E-state index < -0.39 is 6.04 Å². The van der Waals surface area contributed by atoms with Gasteiger partial charge >= 0.3 is 0 Å². The van der Waals surface area contributed by atoms with Crippen LogP contribution in [0.4, 0.5) is 0 Å². The van der Waals surface area contributed by atoms with Crippen LogP contribution in [0.5, 0.6) is 17.2 Å². The van der Waals surface area contributed by atoms with Gasteiger partial charge in [-0.1, -0.05) is 0 Å². The molecule has 1 unspecified atom stereocenters. The number of nitrogens with two attached hydrogens (primary N) is 1. The van der Waals surface area contributed by atoms with Crippen molar-refractivity contribution in [2.24, 2.45) is 5.73 Å². The average Bonchev–Trinajstić information content (AvgIpc) is 2.52. The molecule has 1 aromatic heterocycles. The summed E-state index contributed by atoms with van der Waals surface area (Å²) in [5.74, 6) is 1.87. The zero-order valence-electron chi connectivity index (χ0n) is 12.1. The molecule has 0 fully saturated rings. The van der Waals surface area contributed by atoms with E-state index in [1.807, 2.05) is 6.07 Å². The number of hydrogen-bond acceptors (Lipinski definition) is 5. The summed E-state index contributed by atoms with van der Waals surface area (Å²) in [6.07, 6.45) is 3.43. The fraction of sp³-hybridized carbons (Fsp3) is 0.267. The topological polar surface area (TPSA) is 66.6 Å². The summed E-state index contributed by atoms with van der Waals surface area (Å²) in [5.41, 5.74) is 7.97. The van der Waals surface area contributed by atoms with Crippen LogP contribution in [-0.4, -0.2) is 26.3 Å². The highest BCUT2D eigenvalue weighted by Gasteiger charge is 2.21. The molecule has 112 valence electrons. The maximum Gasteiger partial charge on any atom is 0.131 e. The lowest BCUT2D eigenvalue weighted by Gasteiger charge is -2.20. The van der Waals surface area contributed by atoms with Crippen molar-refractivity contribution >= 4 is 15.9 Å². The van der Waals surface area contributed by atoms with Crippen molar-refractivity contribution < 1.29 is 14.2 Å². The highest BCUT2D eigenvalue weighted by atomic mass is 79.9. The molecule has 0 saturated heterocycles. The smallest absolute Gasteiger partial charge is 0.131 e. The maximum absolute atomic E-state index is 6.37. The Morgan fingerprint density at radius 3 is 2.10 bits per heavy atom. The first-order valence-corrected chi connectivity index (χ1v) is 7.06. The van der Waals surface area contributed by atoms with Crippen molar-refractivity contribution in [3.63, 3.8) is 0 Å². The second kappa shape index (κ2) is 6.78. The fourth-order valence-corrected chi connectivity index (χ4v) is 2.49. The molecule has 0 bridgehead atoms. The van der Waals surface area contributed by atoms with Gasteiger partial charge in [-0.25, -0.2) is 0 Å². The van der Waals surface area contributed by atoms with Crippen molar-refractivity contribution in [1.29, 1.82) is 0 Å². The molecular weight excluding hydrogens is 336 g/mol. The molecule has 2 N–H and O–H groups in total. The highest BCUT2D eigenvalue weighted by molar-refractivity contribution is 9.10. The van der Waals surface area contributed by atoms with Gasteiger partial charge in [-0.2, -0.15) is 0 Å². The number of hydrogen-bond donors (Lipinski definition) is 1. The second-order valence-electron chi connectivity index (χ2n) is 4.36. The standard InChI is InChI=1S/C15H17BrN2O3/c1-19-11-5-12(20-2)14(13(6-11)21-3)15(17)9-4-10(16)8-18-7-9/h4-8,15H,17H2,1-3H3. The van der Waals surface area contributed by atoms with E-state index in [0.29, 0.717) is 17.2 Å². The van der Waals surface area contributed by atoms with Gasteiger partial charge in [-0.3, -0.25) is 4.98 Å². The van der Waals surface area contributed by atoms with E-state index in [1.54, 1.807) is 45.9 Å². The Balaban J connectivity index is 2.55. The third kappa shape index (κ3) is 3.28. The van der Waals surface area contributed by atoms with Crippen LogP contribution in [0.15, 0.2) is 35.1 Å². The molecule has 21 heavy (non-hydrogen) atoms. The molecule has 0 radical (unpaired) electrons. The van der Waals surface area contributed by atoms with Crippen LogP contribution >= 0.6 is 15.9 Å². The summed E-state index contributed by atoms with van der Waals surface area (Å²) in [7, 11) is 4.76. The quantitative estimate of drug-likeness (QED) is 0.895. The van der Waals surface area contributed by atoms with Crippen LogP contribution in [0, 0.1) is 0 Å². The Labute approximate surface area is 132 Å². The number of nitrogens with zero attached hydrogens (tertiary/aromatic N) is 1. The third-order valence-corrected chi connectivity index (χ3v) is 3.58. The van der Waals surface area contributed by atoms with E-state index in [2.05, 4.69) is 20.9 Å². The third-order valence-electron chi connectivity index (χ3n) is 3.15. The summed E-state index contributed by atoms with van der Waals surface area (Å²) in [6.45, 7) is 0. The van der Waals surface area contributed by atoms with Crippen LogP contribution in [0.2, 0.25) is 0 Å². The van der Waals surface area contributed by atoms with Crippen LogP contribution < -0.4 is 19.9 Å². The van der Waals surface area contributed by atoms with E-state index in [9.17, 15) is 0 Å². The minimum atomic E-state index is -0.425. The average molecular weight is 353 g/mol. The zero-order chi connectivity index (χ0) is 15.4. The summed E-state index contributed by atoms with van der Waals surface area (Å²) in [4.78, 5) is 4.14. The maximum atomic E-state index is 6.37. The summed E-state index contributed by atoms with van der Waals surface area (Å²) < 4.78 is 17.0. The molecule has 0 spiro atoms. The largest absolute Gasteiger partial charge is 0.496 e. The Morgan fingerprint density at radius 2 is 1.62 bits per heavy atom. The van der Waals surface area contributed by atoms with E-state index in [4.69, 9.17) is 19.9 Å². The molecule has 2 aromatic rings. The van der Waals surface area contributed by atoms with Crippen LogP contribution in [-0.2, 0) is 0 Å². The van der Waals surface area contributed by atoms with Crippen LogP contribution in [0.1, 0.15) is 17.2 Å². The van der Waals surface area contributed by atoms with Gasteiger partial charge in [0.15, 0.2) is 0 Å². The zero-order valence-corrected chi connectivity index (χ0v) is 13.7. The Morgan fingerprint density at radius 1 is 1.00 bits per heavy atom. The number of halogens is 1. The molecule has 2 rings (SSSR count). The van der Waals surface area contributed by atoms with Crippen LogP contribution in [0.3, 0.4) is 0 Å². The van der Waals surface area contributed by atoms with Gasteiger partial charge in [0.2, 0.25) is 0 Å². The van der Waals surface area contributed by atoms with Crippen LogP contribution in [0.25, 0.3) is 0 Å². The first kappa shape index (κ1) is 15.6. The van der Waals surface area contributed by atoms with E-state index in [-0.39, 0.29) is 0 Å². The molecule has 0 aliphatic carbocycles. The fourth-order valence-electron chi connectivity index (χ4n) is 2.10. The van der Waals surface area contributed by atoms with E-state index >= 15 is 0 Å². The first-order chi connectivity index (χ1) is 10.1. The predicted octanol–water partition coefficient (Wildman–Crippen LogP) is 2.92. The number of benzene rings is 1. The lowest BCUT2D eigenvalue weighted by molar-refractivity contribution is 0.366. The number of rotatable bonds is 5. The summed E-state index contributed by atoms with van der Waals surface area (Å²) >= 11 is 3.40. The van der Waals surface area contributed by atoms with Gasteiger partial charge < -0.3 is 19.9 Å². The predicted molar refractivity (Wildman–Crippen MR) is 84.1 cm³/mol. The van der Waals surface area contributed by atoms with Gasteiger partial charge in [-0.15, -0.1) is 0 Å². The Hall–Kier alpha value is -1.79. The molecule has 1 atom stereocenters. The molecule has 0 amide bonds. The van der Waals surface area contributed by atoms with Crippen molar-refractivity contribution in [2.75, 3.05) is 21.3 Å². The summed E-state index contributed by atoms with van der Waals surface area (Å²) in [5, 5.41) is 0. The Kier molecular flexibility index (Phi) is 5.03. The highest BCUT2D eigenvalue weighted by Crippen LogP contribution is 2.39. The lowest BCUT2D eigenvalue weighted by atomic mass is 9.98. The van der Waals surface area contributed by atoms with Crippen molar-refractivity contribution in [3.05, 3.63) is 46.2 Å².